The van der Waals surface area contributed by atoms with Crippen molar-refractivity contribution in [2.24, 2.45) is 5.92 Å². The topological polar surface area (TPSA) is 97.8 Å². The summed E-state index contributed by atoms with van der Waals surface area (Å²) in [7, 11) is -0.516. The second-order valence-electron chi connectivity index (χ2n) is 13.0. The molecule has 1 fully saturated rings. The van der Waals surface area contributed by atoms with Gasteiger partial charge in [0.05, 0.1) is 43.1 Å². The predicted molar refractivity (Wildman–Crippen MR) is 184 cm³/mol. The molecule has 2 heterocycles. The summed E-state index contributed by atoms with van der Waals surface area (Å²) in [6.45, 7) is 9.34. The van der Waals surface area contributed by atoms with Gasteiger partial charge in [0.15, 0.2) is 0 Å². The van der Waals surface area contributed by atoms with Gasteiger partial charge in [-0.3, -0.25) is 0 Å². The number of aryl methyl sites for hydroxylation is 1. The molecule has 0 aromatic heterocycles. The summed E-state index contributed by atoms with van der Waals surface area (Å²) >= 11 is 0. The van der Waals surface area contributed by atoms with Crippen molar-refractivity contribution < 1.29 is 32.5 Å². The van der Waals surface area contributed by atoms with Gasteiger partial charge in [0.25, 0.3) is 0 Å². The molecule has 1 N–H and O–H groups in total. The van der Waals surface area contributed by atoms with Gasteiger partial charge in [0.1, 0.15) is 18.1 Å². The zero-order valence-corrected chi connectivity index (χ0v) is 29.1. The summed E-state index contributed by atoms with van der Waals surface area (Å²) in [5.74, 6) is 1.51. The average Bonchev–Trinajstić information content (AvgIpc) is 3.07. The molecule has 9 nitrogen and oxygen atoms in total. The molecule has 10 heteroatoms. The highest BCUT2D eigenvalue weighted by Gasteiger charge is 2.43. The number of piperidine rings is 1. The molecule has 0 amide bonds. The Bertz CT molecular complexity index is 1550. The lowest BCUT2D eigenvalue weighted by Crippen LogP contribution is -2.53. The van der Waals surface area contributed by atoms with Crippen molar-refractivity contribution in [3.8, 4) is 11.5 Å². The van der Waals surface area contributed by atoms with Crippen LogP contribution in [0.25, 0.3) is 0 Å². The van der Waals surface area contributed by atoms with Gasteiger partial charge in [-0.25, -0.2) is 8.42 Å². The highest BCUT2D eigenvalue weighted by molar-refractivity contribution is 7.89. The van der Waals surface area contributed by atoms with Crippen molar-refractivity contribution in [1.82, 2.24) is 4.31 Å². The van der Waals surface area contributed by atoms with Crippen molar-refractivity contribution in [2.45, 2.75) is 75.7 Å². The molecule has 0 bridgehead atoms. The van der Waals surface area contributed by atoms with E-state index in [4.69, 9.17) is 18.9 Å². The fourth-order valence-corrected chi connectivity index (χ4v) is 8.19. The Labute approximate surface area is 280 Å². The first kappa shape index (κ1) is 35.2. The fraction of sp³-hybridized carbons (Fsp3) is 0.514. The molecule has 47 heavy (non-hydrogen) atoms. The van der Waals surface area contributed by atoms with E-state index in [9.17, 15) is 13.5 Å². The summed E-state index contributed by atoms with van der Waals surface area (Å²) in [5, 5.41) is 11.0. The molecule has 2 aliphatic heterocycles. The van der Waals surface area contributed by atoms with Crippen molar-refractivity contribution in [1.29, 1.82) is 0 Å². The third kappa shape index (κ3) is 8.48. The van der Waals surface area contributed by atoms with Crippen LogP contribution in [0, 0.1) is 12.8 Å². The Morgan fingerprint density at radius 3 is 2.45 bits per heavy atom. The molecule has 2 aliphatic rings. The van der Waals surface area contributed by atoms with Gasteiger partial charge in [-0.1, -0.05) is 49.7 Å². The molecule has 0 aliphatic carbocycles. The molecule has 1 saturated heterocycles. The van der Waals surface area contributed by atoms with Crippen LogP contribution < -0.4 is 14.4 Å². The minimum absolute atomic E-state index is 0.00519. The lowest BCUT2D eigenvalue weighted by atomic mass is 9.81. The molecule has 256 valence electrons. The Morgan fingerprint density at radius 1 is 1.02 bits per heavy atom. The Kier molecular flexibility index (Phi) is 11.8. The number of aliphatic hydroxyl groups excluding tert-OH is 1. The molecule has 3 aromatic rings. The molecule has 5 rings (SSSR count). The average molecular weight is 667 g/mol. The highest BCUT2D eigenvalue weighted by Crippen LogP contribution is 2.40. The number of methoxy groups -OCH3 is 2. The maximum absolute atomic E-state index is 14.3. The number of sulfonamides is 1. The van der Waals surface area contributed by atoms with E-state index in [0.29, 0.717) is 32.7 Å². The van der Waals surface area contributed by atoms with Crippen molar-refractivity contribution in [3.63, 3.8) is 0 Å². The Hall–Kier alpha value is -3.15. The lowest BCUT2D eigenvalue weighted by Gasteiger charge is -2.44. The smallest absolute Gasteiger partial charge is 0.243 e. The van der Waals surface area contributed by atoms with Crippen LogP contribution in [-0.2, 0) is 26.1 Å². The minimum Gasteiger partial charge on any atom is -0.497 e. The van der Waals surface area contributed by atoms with E-state index >= 15 is 0 Å². The van der Waals surface area contributed by atoms with E-state index in [-0.39, 0.29) is 23.3 Å². The van der Waals surface area contributed by atoms with Gasteiger partial charge in [0, 0.05) is 38.8 Å². The molecule has 0 radical (unpaired) electrons. The zero-order valence-electron chi connectivity index (χ0n) is 28.3. The second kappa shape index (κ2) is 15.8. The van der Waals surface area contributed by atoms with E-state index in [1.807, 2.05) is 69.3 Å². The quantitative estimate of drug-likeness (QED) is 0.217. The molecule has 2 unspecified atom stereocenters. The number of rotatable bonds is 14. The van der Waals surface area contributed by atoms with Crippen molar-refractivity contribution in [3.05, 3.63) is 83.4 Å². The number of aliphatic hydroxyl groups is 1. The first-order valence-electron chi connectivity index (χ1n) is 16.6. The molecular formula is C37H50N2O7S. The largest absolute Gasteiger partial charge is 0.497 e. The van der Waals surface area contributed by atoms with Gasteiger partial charge in [-0.15, -0.1) is 0 Å². The molecule has 4 atom stereocenters. The number of nitrogens with zero attached hydrogens (tertiary/aromatic N) is 2. The van der Waals surface area contributed by atoms with Crippen LogP contribution in [0.4, 0.5) is 5.69 Å². The van der Waals surface area contributed by atoms with Crippen molar-refractivity contribution >= 4 is 15.7 Å². The van der Waals surface area contributed by atoms with Crippen LogP contribution >= 0.6 is 0 Å². The minimum atomic E-state index is -3.87. The number of anilines is 1. The SMILES string of the molecule is COCCCN1CCOc2ccc(CO[C@H]3CN(S(=O)(=O)c4ccc(C)cc4)[C@@H](CC(O)C(C)C)CC3c3ccc(OC)cc3)cc21. The normalized spacial score (nSPS) is 20.9. The molecular weight excluding hydrogens is 616 g/mol. The van der Waals surface area contributed by atoms with E-state index < -0.39 is 28.3 Å². The van der Waals surface area contributed by atoms with Gasteiger partial charge in [-0.05, 0) is 79.6 Å². The summed E-state index contributed by atoms with van der Waals surface area (Å²) in [6.07, 6.45) is 0.693. The van der Waals surface area contributed by atoms with Crippen LogP contribution in [0.2, 0.25) is 0 Å². The zero-order chi connectivity index (χ0) is 33.6. The summed E-state index contributed by atoms with van der Waals surface area (Å²) in [4.78, 5) is 2.57. The van der Waals surface area contributed by atoms with E-state index in [2.05, 4.69) is 11.0 Å². The fourth-order valence-electron chi connectivity index (χ4n) is 6.53. The molecule has 0 saturated carbocycles. The lowest BCUT2D eigenvalue weighted by molar-refractivity contribution is -0.0285. The van der Waals surface area contributed by atoms with Gasteiger partial charge < -0.3 is 29.0 Å². The van der Waals surface area contributed by atoms with Crippen LogP contribution in [0.15, 0.2) is 71.6 Å². The van der Waals surface area contributed by atoms with E-state index in [1.165, 1.54) is 0 Å². The number of fused-ring (bicyclic) bond motifs is 1. The summed E-state index contributed by atoms with van der Waals surface area (Å²) < 4.78 is 53.4. The third-order valence-corrected chi connectivity index (χ3v) is 11.4. The first-order chi connectivity index (χ1) is 22.6. The number of hydrogen-bond donors (Lipinski definition) is 1. The Morgan fingerprint density at radius 2 is 1.77 bits per heavy atom. The third-order valence-electron chi connectivity index (χ3n) is 9.42. The maximum atomic E-state index is 14.3. The van der Waals surface area contributed by atoms with E-state index in [0.717, 1.165) is 53.4 Å². The van der Waals surface area contributed by atoms with Crippen molar-refractivity contribution in [2.75, 3.05) is 52.0 Å². The van der Waals surface area contributed by atoms with Gasteiger partial charge in [-0.2, -0.15) is 4.31 Å². The maximum Gasteiger partial charge on any atom is 0.243 e. The summed E-state index contributed by atoms with van der Waals surface area (Å²) in [5.41, 5.74) is 4.07. The van der Waals surface area contributed by atoms with Crippen LogP contribution in [-0.4, -0.2) is 83.1 Å². The summed E-state index contributed by atoms with van der Waals surface area (Å²) in [6, 6.07) is 20.6. The number of hydrogen-bond acceptors (Lipinski definition) is 8. The predicted octanol–water partition coefficient (Wildman–Crippen LogP) is 5.78. The van der Waals surface area contributed by atoms with Crippen LogP contribution in [0.3, 0.4) is 0 Å². The second-order valence-corrected chi connectivity index (χ2v) is 14.9. The Balaban J connectivity index is 1.46. The first-order valence-corrected chi connectivity index (χ1v) is 18.1. The van der Waals surface area contributed by atoms with E-state index in [1.54, 1.807) is 30.7 Å². The standard InChI is InChI=1S/C37H50N2O7S/c1-26(2)35(40)23-30-22-33(29-10-12-31(44-5)13-11-29)37(24-39(30)47(41,42)32-14-7-27(3)8-15-32)46-25-28-9-16-36-34(21-28)38(18-20-45-36)17-6-19-43-4/h7-16,21,26,30,33,35,37,40H,6,17-20,22-25H2,1-5H3/t30-,33?,35?,37+/m1/s1. The molecule has 0 spiro atoms. The molecule has 3 aromatic carbocycles. The van der Waals surface area contributed by atoms with Crippen LogP contribution in [0.5, 0.6) is 11.5 Å². The van der Waals surface area contributed by atoms with Gasteiger partial charge >= 0.3 is 0 Å². The van der Waals surface area contributed by atoms with Crippen LogP contribution in [0.1, 0.15) is 55.7 Å². The highest BCUT2D eigenvalue weighted by atomic mass is 32.2. The monoisotopic (exact) mass is 666 g/mol. The number of benzene rings is 3. The van der Waals surface area contributed by atoms with Gasteiger partial charge in [0.2, 0.25) is 10.0 Å². The number of ether oxygens (including phenoxy) is 4.